The standard InChI is InChI=1S/C13H15NO5S.C12H23N/c15-12(8-10-4-2-1-3-5-10)19-14-9-20(18)7-6-11(14)13(16)17;1-3-7-11(8-4-1)13-12-9-5-2-6-10-12/h1-5,11H,6-9H2,(H,16,17);11-13H,1-10H2. The van der Waals surface area contributed by atoms with Crippen LogP contribution < -0.4 is 10.4 Å². The second-order valence-electron chi connectivity index (χ2n) is 9.43. The minimum Gasteiger partial charge on any atom is -0.548 e. The molecule has 1 saturated heterocycles. The Balaban J connectivity index is 0.000000203. The Morgan fingerprint density at radius 2 is 1.52 bits per heavy atom. The maximum atomic E-state index is 11.8. The number of carboxylic acids is 1. The van der Waals surface area contributed by atoms with E-state index in [9.17, 15) is 18.9 Å². The molecule has 2 saturated carbocycles. The number of benzene rings is 1. The van der Waals surface area contributed by atoms with E-state index in [0.717, 1.165) is 22.7 Å². The second-order valence-corrected chi connectivity index (χ2v) is 11.0. The predicted octanol–water partition coefficient (Wildman–Crippen LogP) is 1.43. The van der Waals surface area contributed by atoms with Gasteiger partial charge in [-0.1, -0.05) is 43.2 Å². The van der Waals surface area contributed by atoms with E-state index >= 15 is 0 Å². The van der Waals surface area contributed by atoms with Gasteiger partial charge in [-0.2, -0.15) is 0 Å². The third kappa shape index (κ3) is 9.18. The third-order valence-corrected chi connectivity index (χ3v) is 8.00. The zero-order valence-electron chi connectivity index (χ0n) is 19.5. The van der Waals surface area contributed by atoms with Crippen molar-refractivity contribution < 1.29 is 29.1 Å². The Morgan fingerprint density at radius 1 is 0.939 bits per heavy atom. The quantitative estimate of drug-likeness (QED) is 0.664. The van der Waals surface area contributed by atoms with E-state index in [2.05, 4.69) is 5.32 Å². The summed E-state index contributed by atoms with van der Waals surface area (Å²) in [7, 11) is -1.21. The van der Waals surface area contributed by atoms with Crippen LogP contribution in [0.15, 0.2) is 30.3 Å². The number of quaternary nitrogens is 1. The van der Waals surface area contributed by atoms with E-state index in [0.29, 0.717) is 0 Å². The van der Waals surface area contributed by atoms with Crippen LogP contribution in [0, 0.1) is 0 Å². The number of carbonyl (C=O) groups is 2. The summed E-state index contributed by atoms with van der Waals surface area (Å²) >= 11 is 0. The van der Waals surface area contributed by atoms with Crippen molar-refractivity contribution in [1.82, 2.24) is 5.06 Å². The third-order valence-electron chi connectivity index (χ3n) is 6.76. The number of nitrogens with two attached hydrogens (primary N) is 1. The van der Waals surface area contributed by atoms with Gasteiger partial charge in [0, 0.05) is 16.6 Å². The van der Waals surface area contributed by atoms with Gasteiger partial charge in [0.15, 0.2) is 0 Å². The number of aliphatic carboxylic acids is 1. The first kappa shape index (κ1) is 25.8. The summed E-state index contributed by atoms with van der Waals surface area (Å²) in [6.45, 7) is 0. The van der Waals surface area contributed by atoms with Crippen molar-refractivity contribution in [2.45, 2.75) is 95.2 Å². The van der Waals surface area contributed by atoms with Gasteiger partial charge in [-0.25, -0.2) is 4.79 Å². The summed E-state index contributed by atoms with van der Waals surface area (Å²) in [5, 5.41) is 14.6. The lowest BCUT2D eigenvalue weighted by atomic mass is 9.91. The van der Waals surface area contributed by atoms with Crippen LogP contribution in [-0.2, 0) is 31.6 Å². The maximum Gasteiger partial charge on any atom is 0.329 e. The van der Waals surface area contributed by atoms with Gasteiger partial charge in [0.1, 0.15) is 5.88 Å². The highest BCUT2D eigenvalue weighted by molar-refractivity contribution is 7.84. The summed E-state index contributed by atoms with van der Waals surface area (Å²) in [4.78, 5) is 27.8. The monoisotopic (exact) mass is 478 g/mol. The van der Waals surface area contributed by atoms with Gasteiger partial charge in [0.05, 0.1) is 30.5 Å². The normalized spacial score (nSPS) is 25.0. The van der Waals surface area contributed by atoms with Crippen molar-refractivity contribution in [3.05, 3.63) is 35.9 Å². The van der Waals surface area contributed by atoms with Crippen LogP contribution in [0.25, 0.3) is 0 Å². The first-order valence-electron chi connectivity index (χ1n) is 12.4. The lowest BCUT2D eigenvalue weighted by Crippen LogP contribution is -2.95. The molecule has 2 N–H and O–H groups in total. The van der Waals surface area contributed by atoms with E-state index < -0.39 is 28.8 Å². The number of carbonyl (C=O) groups excluding carboxylic acids is 2. The highest BCUT2D eigenvalue weighted by Crippen LogP contribution is 2.18. The molecule has 0 bridgehead atoms. The summed E-state index contributed by atoms with van der Waals surface area (Å²) < 4.78 is 11.4. The Bertz CT molecular complexity index is 747. The fraction of sp³-hybridized carbons (Fsp3) is 0.680. The highest BCUT2D eigenvalue weighted by Gasteiger charge is 2.30. The zero-order valence-corrected chi connectivity index (χ0v) is 20.3. The van der Waals surface area contributed by atoms with E-state index in [1.165, 1.54) is 64.2 Å². The molecule has 33 heavy (non-hydrogen) atoms. The fourth-order valence-electron chi connectivity index (χ4n) is 4.97. The lowest BCUT2D eigenvalue weighted by molar-refractivity contribution is -0.725. The first-order chi connectivity index (χ1) is 16.0. The van der Waals surface area contributed by atoms with Crippen LogP contribution in [-0.4, -0.2) is 51.0 Å². The Hall–Kier alpha value is -1.77. The van der Waals surface area contributed by atoms with Crippen LogP contribution in [0.4, 0.5) is 0 Å². The van der Waals surface area contributed by atoms with Gasteiger partial charge in [-0.15, -0.1) is 5.06 Å². The van der Waals surface area contributed by atoms with Gasteiger partial charge in [0.25, 0.3) is 0 Å². The highest BCUT2D eigenvalue weighted by atomic mass is 32.2. The molecule has 3 aliphatic rings. The molecule has 0 spiro atoms. The van der Waals surface area contributed by atoms with Gasteiger partial charge >= 0.3 is 5.97 Å². The maximum absolute atomic E-state index is 11.8. The van der Waals surface area contributed by atoms with Crippen LogP contribution in [0.3, 0.4) is 0 Å². The Morgan fingerprint density at radius 3 is 2.06 bits per heavy atom. The van der Waals surface area contributed by atoms with Crippen molar-refractivity contribution in [2.75, 3.05) is 11.6 Å². The van der Waals surface area contributed by atoms with Gasteiger partial charge in [-0.3, -0.25) is 4.21 Å². The predicted molar refractivity (Wildman–Crippen MR) is 125 cm³/mol. The minimum absolute atomic E-state index is 0.0315. The topological polar surface area (TPSA) is 103 Å². The minimum atomic E-state index is -1.32. The number of carboxylic acid groups (broad SMARTS) is 1. The zero-order chi connectivity index (χ0) is 23.5. The second kappa shape index (κ2) is 13.8. The van der Waals surface area contributed by atoms with Gasteiger partial charge in [-0.05, 0) is 63.4 Å². The van der Waals surface area contributed by atoms with Crippen LogP contribution in [0.5, 0.6) is 0 Å². The van der Waals surface area contributed by atoms with E-state index in [-0.39, 0.29) is 24.5 Å². The number of hydrogen-bond acceptors (Lipinski definition) is 6. The molecule has 0 radical (unpaired) electrons. The van der Waals surface area contributed by atoms with Crippen molar-refractivity contribution in [3.63, 3.8) is 0 Å². The van der Waals surface area contributed by atoms with E-state index in [4.69, 9.17) is 4.84 Å². The van der Waals surface area contributed by atoms with Gasteiger partial charge in [0.2, 0.25) is 0 Å². The smallest absolute Gasteiger partial charge is 0.329 e. The average Bonchev–Trinajstić information content (AvgIpc) is 2.81. The fourth-order valence-corrected chi connectivity index (χ4v) is 6.10. The molecular formula is C25H38N2O5S. The molecule has 1 aliphatic heterocycles. The van der Waals surface area contributed by atoms with E-state index in [1.54, 1.807) is 24.3 Å². The van der Waals surface area contributed by atoms with Crippen molar-refractivity contribution >= 4 is 22.7 Å². The molecule has 1 aromatic rings. The number of nitrogens with zero attached hydrogens (tertiary/aromatic N) is 1. The molecule has 184 valence electrons. The average molecular weight is 479 g/mol. The van der Waals surface area contributed by atoms with Crippen LogP contribution in [0.2, 0.25) is 0 Å². The molecule has 7 nitrogen and oxygen atoms in total. The first-order valence-corrected chi connectivity index (χ1v) is 13.9. The molecule has 2 atom stereocenters. The Kier molecular flexibility index (Phi) is 10.8. The van der Waals surface area contributed by atoms with Crippen molar-refractivity contribution in [1.29, 1.82) is 0 Å². The van der Waals surface area contributed by atoms with Crippen LogP contribution in [0.1, 0.15) is 76.2 Å². The molecular weight excluding hydrogens is 440 g/mol. The molecule has 1 heterocycles. The molecule has 2 aliphatic carbocycles. The summed E-state index contributed by atoms with van der Waals surface area (Å²) in [5.74, 6) is -1.74. The van der Waals surface area contributed by atoms with Crippen LogP contribution >= 0.6 is 0 Å². The SMILES string of the molecule is C1CCC([NH2+]C2CCCCC2)CC1.O=C(Cc1ccccc1)ON1CS(=O)CCC1C(=O)[O-]. The van der Waals surface area contributed by atoms with Gasteiger partial charge < -0.3 is 20.1 Å². The molecule has 4 rings (SSSR count). The summed E-state index contributed by atoms with van der Waals surface area (Å²) in [6.07, 6.45) is 15.1. The molecule has 3 fully saturated rings. The van der Waals surface area contributed by atoms with E-state index in [1.807, 2.05) is 6.07 Å². The molecule has 0 amide bonds. The van der Waals surface area contributed by atoms with Crippen molar-refractivity contribution in [3.8, 4) is 0 Å². The number of rotatable bonds is 6. The largest absolute Gasteiger partial charge is 0.548 e. The number of hydrogen-bond donors (Lipinski definition) is 1. The van der Waals surface area contributed by atoms with Crippen molar-refractivity contribution in [2.24, 2.45) is 0 Å². The Labute approximate surface area is 199 Å². The lowest BCUT2D eigenvalue weighted by Gasteiger charge is -2.33. The number of hydroxylamine groups is 2. The summed E-state index contributed by atoms with van der Waals surface area (Å²) in [6, 6.07) is 9.92. The molecule has 1 aromatic carbocycles. The summed E-state index contributed by atoms with van der Waals surface area (Å²) in [5.41, 5.74) is 0.764. The molecule has 8 heteroatoms. The molecule has 0 aromatic heterocycles. The molecule has 2 unspecified atom stereocenters.